The fraction of sp³-hybridized carbons (Fsp3) is 0.278. The molecular formula is C18H19ClN4O2. The van der Waals surface area contributed by atoms with Gasteiger partial charge in [0.15, 0.2) is 17.3 Å². The van der Waals surface area contributed by atoms with Crippen molar-refractivity contribution in [3.8, 4) is 11.5 Å². The van der Waals surface area contributed by atoms with Crippen LogP contribution in [0.5, 0.6) is 11.5 Å². The van der Waals surface area contributed by atoms with E-state index >= 15 is 0 Å². The summed E-state index contributed by atoms with van der Waals surface area (Å²) in [5, 5.41) is 16.7. The Balaban J connectivity index is 1.95. The summed E-state index contributed by atoms with van der Waals surface area (Å²) in [5.41, 5.74) is 1.53. The average Bonchev–Trinajstić information content (AvgIpc) is 2.63. The molecule has 0 aliphatic carbocycles. The lowest BCUT2D eigenvalue weighted by atomic mass is 10.2. The van der Waals surface area contributed by atoms with E-state index in [2.05, 4.69) is 27.7 Å². The molecular weight excluding hydrogens is 340 g/mol. The highest BCUT2D eigenvalue weighted by molar-refractivity contribution is 6.30. The summed E-state index contributed by atoms with van der Waals surface area (Å²) in [5.74, 6) is 1.88. The molecule has 7 heteroatoms. The number of hydrogen-bond donors (Lipinski definition) is 1. The van der Waals surface area contributed by atoms with Gasteiger partial charge in [-0.25, -0.2) is 0 Å². The minimum Gasteiger partial charge on any atom is -0.493 e. The summed E-state index contributed by atoms with van der Waals surface area (Å²) in [6, 6.07) is 11.0. The predicted molar refractivity (Wildman–Crippen MR) is 99.0 cm³/mol. The number of halogens is 1. The molecule has 0 atom stereocenters. The van der Waals surface area contributed by atoms with Gasteiger partial charge < -0.3 is 14.8 Å². The van der Waals surface area contributed by atoms with E-state index in [1.54, 1.807) is 19.2 Å². The first-order valence-corrected chi connectivity index (χ1v) is 8.45. The lowest BCUT2D eigenvalue weighted by molar-refractivity contribution is 0.289. The smallest absolute Gasteiger partial charge is 0.164 e. The van der Waals surface area contributed by atoms with E-state index < -0.39 is 0 Å². The number of anilines is 2. The Bertz CT molecular complexity index is 856. The van der Waals surface area contributed by atoms with Crippen molar-refractivity contribution in [1.82, 2.24) is 15.4 Å². The molecule has 0 amide bonds. The van der Waals surface area contributed by atoms with Gasteiger partial charge in [-0.15, -0.1) is 10.2 Å². The van der Waals surface area contributed by atoms with E-state index in [0.29, 0.717) is 34.5 Å². The normalized spacial score (nSPS) is 10.7. The molecule has 1 heterocycles. The van der Waals surface area contributed by atoms with Crippen LogP contribution in [-0.4, -0.2) is 29.1 Å². The molecule has 6 nitrogen and oxygen atoms in total. The van der Waals surface area contributed by atoms with Gasteiger partial charge in [-0.3, -0.25) is 0 Å². The van der Waals surface area contributed by atoms with E-state index in [1.165, 1.54) is 0 Å². The van der Waals surface area contributed by atoms with E-state index in [9.17, 15) is 0 Å². The van der Waals surface area contributed by atoms with E-state index in [4.69, 9.17) is 21.1 Å². The van der Waals surface area contributed by atoms with Crippen molar-refractivity contribution in [2.75, 3.05) is 19.0 Å². The second-order valence-electron chi connectivity index (χ2n) is 5.49. The summed E-state index contributed by atoms with van der Waals surface area (Å²) < 4.78 is 11.3. The van der Waals surface area contributed by atoms with Crippen LogP contribution < -0.4 is 14.8 Å². The summed E-state index contributed by atoms with van der Waals surface area (Å²) in [6.45, 7) is 2.75. The minimum atomic E-state index is 0.589. The number of benzene rings is 2. The van der Waals surface area contributed by atoms with Gasteiger partial charge in [0.2, 0.25) is 0 Å². The first-order valence-electron chi connectivity index (χ1n) is 8.07. The second-order valence-corrected chi connectivity index (χ2v) is 5.93. The molecule has 0 fully saturated rings. The molecule has 0 radical (unpaired) electrons. The summed E-state index contributed by atoms with van der Waals surface area (Å²) in [6.07, 6.45) is 2.04. The third-order valence-electron chi connectivity index (χ3n) is 3.70. The van der Waals surface area contributed by atoms with Crippen molar-refractivity contribution in [3.05, 3.63) is 41.4 Å². The lowest BCUT2D eigenvalue weighted by Gasteiger charge is -2.13. The Morgan fingerprint density at radius 1 is 1.08 bits per heavy atom. The molecule has 0 bridgehead atoms. The molecule has 0 spiro atoms. The van der Waals surface area contributed by atoms with Crippen molar-refractivity contribution < 1.29 is 9.47 Å². The van der Waals surface area contributed by atoms with Crippen LogP contribution in [0.1, 0.15) is 19.8 Å². The molecule has 130 valence electrons. The number of nitrogens with zero attached hydrogens (tertiary/aromatic N) is 3. The predicted octanol–water partition coefficient (Wildman–Crippen LogP) is 4.61. The number of ether oxygens (including phenoxy) is 2. The highest BCUT2D eigenvalue weighted by Gasteiger charge is 2.12. The van der Waals surface area contributed by atoms with Gasteiger partial charge >= 0.3 is 0 Å². The molecule has 0 aliphatic heterocycles. The Morgan fingerprint density at radius 2 is 1.88 bits per heavy atom. The number of unbranched alkanes of at least 4 members (excludes halogenated alkanes) is 1. The zero-order valence-electron chi connectivity index (χ0n) is 14.1. The van der Waals surface area contributed by atoms with Gasteiger partial charge in [-0.1, -0.05) is 24.9 Å². The van der Waals surface area contributed by atoms with Gasteiger partial charge in [0, 0.05) is 16.8 Å². The number of hydrogen-bond acceptors (Lipinski definition) is 6. The summed E-state index contributed by atoms with van der Waals surface area (Å²) in [7, 11) is 1.61. The Morgan fingerprint density at radius 3 is 2.60 bits per heavy atom. The number of methoxy groups -OCH3 is 1. The first kappa shape index (κ1) is 17.2. The zero-order chi connectivity index (χ0) is 17.6. The maximum Gasteiger partial charge on any atom is 0.164 e. The van der Waals surface area contributed by atoms with E-state index in [-0.39, 0.29) is 0 Å². The molecule has 3 rings (SSSR count). The highest BCUT2D eigenvalue weighted by Crippen LogP contribution is 2.34. The third kappa shape index (κ3) is 4.09. The Labute approximate surface area is 151 Å². The minimum absolute atomic E-state index is 0.589. The molecule has 1 N–H and O–H groups in total. The van der Waals surface area contributed by atoms with Gasteiger partial charge in [-0.05, 0) is 42.0 Å². The lowest BCUT2D eigenvalue weighted by Crippen LogP contribution is -2.02. The number of nitrogens with one attached hydrogen (secondary N) is 1. The largest absolute Gasteiger partial charge is 0.493 e. The van der Waals surface area contributed by atoms with Gasteiger partial charge in [-0.2, -0.15) is 0 Å². The third-order valence-corrected chi connectivity index (χ3v) is 3.95. The molecule has 25 heavy (non-hydrogen) atoms. The quantitative estimate of drug-likeness (QED) is 0.622. The SMILES string of the molecule is CCCCOc1cc2nnnc(Nc3ccc(Cl)cc3)c2cc1OC. The van der Waals surface area contributed by atoms with Crippen molar-refractivity contribution in [2.45, 2.75) is 19.8 Å². The monoisotopic (exact) mass is 358 g/mol. The van der Waals surface area contributed by atoms with Crippen LogP contribution >= 0.6 is 11.6 Å². The standard InChI is InChI=1S/C18H19ClN4O2/c1-3-4-9-25-17-11-15-14(10-16(17)24-2)18(22-23-21-15)20-13-7-5-12(19)6-8-13/h5-8,10-11H,3-4,9H2,1-2H3,(H,20,21,22). The van der Waals surface area contributed by atoms with Crippen LogP contribution in [-0.2, 0) is 0 Å². The van der Waals surface area contributed by atoms with Crippen molar-refractivity contribution in [3.63, 3.8) is 0 Å². The molecule has 1 aromatic heterocycles. The maximum absolute atomic E-state index is 5.92. The second kappa shape index (κ2) is 7.98. The van der Waals surface area contributed by atoms with Crippen LogP contribution in [0.25, 0.3) is 10.9 Å². The van der Waals surface area contributed by atoms with Crippen molar-refractivity contribution in [1.29, 1.82) is 0 Å². The molecule has 0 unspecified atom stereocenters. The fourth-order valence-electron chi connectivity index (χ4n) is 2.35. The average molecular weight is 359 g/mol. The van der Waals surface area contributed by atoms with Gasteiger partial charge in [0.1, 0.15) is 5.52 Å². The summed E-state index contributed by atoms with van der Waals surface area (Å²) >= 11 is 5.92. The molecule has 0 saturated heterocycles. The molecule has 0 aliphatic rings. The van der Waals surface area contributed by atoms with Crippen LogP contribution in [0.4, 0.5) is 11.5 Å². The molecule has 3 aromatic rings. The Hall–Kier alpha value is -2.60. The fourth-order valence-corrected chi connectivity index (χ4v) is 2.48. The van der Waals surface area contributed by atoms with E-state index in [1.807, 2.05) is 24.3 Å². The zero-order valence-corrected chi connectivity index (χ0v) is 14.9. The number of fused-ring (bicyclic) bond motifs is 1. The summed E-state index contributed by atoms with van der Waals surface area (Å²) in [4.78, 5) is 0. The Kier molecular flexibility index (Phi) is 5.50. The van der Waals surface area contributed by atoms with Crippen LogP contribution in [0.2, 0.25) is 5.02 Å². The highest BCUT2D eigenvalue weighted by atomic mass is 35.5. The first-order chi connectivity index (χ1) is 12.2. The molecule has 0 saturated carbocycles. The molecule has 2 aromatic carbocycles. The van der Waals surface area contributed by atoms with Crippen LogP contribution in [0.15, 0.2) is 36.4 Å². The maximum atomic E-state index is 5.92. The number of aromatic nitrogens is 3. The topological polar surface area (TPSA) is 69.2 Å². The van der Waals surface area contributed by atoms with E-state index in [0.717, 1.165) is 23.9 Å². The number of rotatable bonds is 7. The van der Waals surface area contributed by atoms with Crippen molar-refractivity contribution in [2.24, 2.45) is 0 Å². The van der Waals surface area contributed by atoms with Crippen LogP contribution in [0.3, 0.4) is 0 Å². The van der Waals surface area contributed by atoms with Crippen molar-refractivity contribution >= 4 is 34.0 Å². The van der Waals surface area contributed by atoms with Crippen LogP contribution in [0, 0.1) is 0 Å². The van der Waals surface area contributed by atoms with Gasteiger partial charge in [0.05, 0.1) is 19.1 Å². The van der Waals surface area contributed by atoms with Gasteiger partial charge in [0.25, 0.3) is 0 Å².